The lowest BCUT2D eigenvalue weighted by molar-refractivity contribution is 0.415. The summed E-state index contributed by atoms with van der Waals surface area (Å²) in [5, 5.41) is 21.3. The number of hydrogen-bond acceptors (Lipinski definition) is 4. The van der Waals surface area contributed by atoms with E-state index in [9.17, 15) is 10.5 Å². The number of nitrogens with zero attached hydrogens (tertiary/aromatic N) is 2. The number of methoxy groups -OCH3 is 2. The lowest BCUT2D eigenvalue weighted by Crippen LogP contribution is -1.96. The number of ether oxygens (including phenoxy) is 2. The predicted octanol–water partition coefficient (Wildman–Crippen LogP) is 6.55. The number of hydrogen-bond donors (Lipinski definition) is 0. The van der Waals surface area contributed by atoms with Crippen molar-refractivity contribution in [1.29, 1.82) is 10.5 Å². The van der Waals surface area contributed by atoms with E-state index in [2.05, 4.69) is 12.1 Å². The van der Waals surface area contributed by atoms with Gasteiger partial charge in [0.15, 0.2) is 0 Å². The smallest absolute Gasteiger partial charge is 0.127 e. The maximum Gasteiger partial charge on any atom is 0.127 e. The van der Waals surface area contributed by atoms with Crippen molar-refractivity contribution < 1.29 is 9.47 Å². The maximum absolute atomic E-state index is 9.69. The van der Waals surface area contributed by atoms with Crippen LogP contribution in [0.5, 0.6) is 11.5 Å². The van der Waals surface area contributed by atoms with Gasteiger partial charge in [-0.3, -0.25) is 0 Å². The first kappa shape index (κ1) is 21.0. The summed E-state index contributed by atoms with van der Waals surface area (Å²) in [4.78, 5) is 0. The summed E-state index contributed by atoms with van der Waals surface area (Å²) in [6.45, 7) is 3.98. The van der Waals surface area contributed by atoms with E-state index >= 15 is 0 Å². The van der Waals surface area contributed by atoms with E-state index in [0.29, 0.717) is 22.6 Å². The Balaban J connectivity index is 2.07. The molecule has 156 valence electrons. The highest BCUT2D eigenvalue weighted by Gasteiger charge is 2.18. The van der Waals surface area contributed by atoms with Crippen molar-refractivity contribution in [3.63, 3.8) is 0 Å². The highest BCUT2D eigenvalue weighted by Crippen LogP contribution is 2.42. The molecule has 0 aliphatic rings. The zero-order valence-corrected chi connectivity index (χ0v) is 18.5. The fourth-order valence-electron chi connectivity index (χ4n) is 4.27. The number of aryl methyl sites for hydroxylation is 2. The molecule has 0 aromatic heterocycles. The summed E-state index contributed by atoms with van der Waals surface area (Å²) in [6.07, 6.45) is 0. The highest BCUT2D eigenvalue weighted by molar-refractivity contribution is 5.97. The third-order valence-electron chi connectivity index (χ3n) is 5.80. The number of nitriles is 2. The van der Waals surface area contributed by atoms with Crippen molar-refractivity contribution in [3.05, 3.63) is 82.9 Å². The van der Waals surface area contributed by atoms with E-state index in [1.807, 2.05) is 74.5 Å². The van der Waals surface area contributed by atoms with Gasteiger partial charge in [-0.2, -0.15) is 10.5 Å². The van der Waals surface area contributed by atoms with Crippen LogP contribution < -0.4 is 9.47 Å². The molecule has 0 N–H and O–H groups in total. The molecule has 0 bridgehead atoms. The Labute approximate surface area is 187 Å². The molecule has 0 saturated heterocycles. The molecular formula is C28H22N2O2. The maximum atomic E-state index is 9.69. The van der Waals surface area contributed by atoms with E-state index in [1.54, 1.807) is 14.2 Å². The van der Waals surface area contributed by atoms with E-state index in [1.165, 1.54) is 0 Å². The van der Waals surface area contributed by atoms with Gasteiger partial charge in [0, 0.05) is 22.3 Å². The Hall–Kier alpha value is -4.28. The summed E-state index contributed by atoms with van der Waals surface area (Å²) in [7, 11) is 3.26. The summed E-state index contributed by atoms with van der Waals surface area (Å²) < 4.78 is 11.4. The van der Waals surface area contributed by atoms with Crippen molar-refractivity contribution in [2.75, 3.05) is 14.2 Å². The van der Waals surface area contributed by atoms with E-state index in [-0.39, 0.29) is 0 Å². The van der Waals surface area contributed by atoms with Crippen molar-refractivity contribution in [1.82, 2.24) is 0 Å². The van der Waals surface area contributed by atoms with Gasteiger partial charge in [-0.1, -0.05) is 24.3 Å². The van der Waals surface area contributed by atoms with E-state index in [0.717, 1.165) is 44.2 Å². The zero-order valence-electron chi connectivity index (χ0n) is 18.5. The topological polar surface area (TPSA) is 66.0 Å². The van der Waals surface area contributed by atoms with Crippen LogP contribution in [0.25, 0.3) is 33.0 Å². The van der Waals surface area contributed by atoms with Crippen molar-refractivity contribution in [2.24, 2.45) is 0 Å². The first-order chi connectivity index (χ1) is 15.5. The molecule has 0 radical (unpaired) electrons. The summed E-state index contributed by atoms with van der Waals surface area (Å²) >= 11 is 0. The second-order valence-corrected chi connectivity index (χ2v) is 7.67. The molecule has 0 heterocycles. The van der Waals surface area contributed by atoms with Crippen LogP contribution >= 0.6 is 0 Å². The Morgan fingerprint density at radius 2 is 1.03 bits per heavy atom. The molecule has 0 aliphatic heterocycles. The van der Waals surface area contributed by atoms with Gasteiger partial charge in [-0.25, -0.2) is 0 Å². The van der Waals surface area contributed by atoms with Gasteiger partial charge in [0.05, 0.1) is 37.5 Å². The SMILES string of the molecule is COc1cc2cc(OC)c(-c3c(C)cccc3C#N)cc2cc1-c1c(C)cccc1C#N. The van der Waals surface area contributed by atoms with E-state index < -0.39 is 0 Å². The first-order valence-electron chi connectivity index (χ1n) is 10.2. The van der Waals surface area contributed by atoms with E-state index in [4.69, 9.17) is 9.47 Å². The largest absolute Gasteiger partial charge is 0.496 e. The third kappa shape index (κ3) is 3.43. The molecule has 0 amide bonds. The molecule has 4 heteroatoms. The standard InChI is InChI=1S/C28H22N2O2/c1-17-7-5-9-19(15-29)27(17)23-11-21-12-24(28-18(2)8-6-10-20(28)16-30)26(32-4)14-22(21)13-25(23)31-3/h5-14H,1-4H3. The van der Waals surface area contributed by atoms with Gasteiger partial charge in [0.1, 0.15) is 11.5 Å². The number of rotatable bonds is 4. The van der Waals surface area contributed by atoms with Crippen molar-refractivity contribution in [2.45, 2.75) is 13.8 Å². The van der Waals surface area contributed by atoms with Gasteiger partial charge in [0.2, 0.25) is 0 Å². The molecule has 4 nitrogen and oxygen atoms in total. The number of benzene rings is 4. The molecule has 0 atom stereocenters. The van der Waals surface area contributed by atoms with Crippen LogP contribution in [0.15, 0.2) is 60.7 Å². The van der Waals surface area contributed by atoms with Crippen LogP contribution in [0, 0.1) is 36.5 Å². The second kappa shape index (κ2) is 8.46. The fraction of sp³-hybridized carbons (Fsp3) is 0.143. The van der Waals surface area contributed by atoms with Crippen LogP contribution in [-0.4, -0.2) is 14.2 Å². The first-order valence-corrected chi connectivity index (χ1v) is 10.2. The molecule has 4 aromatic rings. The van der Waals surface area contributed by atoms with Crippen LogP contribution in [0.2, 0.25) is 0 Å². The summed E-state index contributed by atoms with van der Waals surface area (Å²) in [5.41, 5.74) is 6.64. The molecule has 0 saturated carbocycles. The lowest BCUT2D eigenvalue weighted by atomic mass is 9.90. The molecular weight excluding hydrogens is 396 g/mol. The van der Waals surface area contributed by atoms with Crippen LogP contribution in [-0.2, 0) is 0 Å². The van der Waals surface area contributed by atoms with Crippen molar-refractivity contribution in [3.8, 4) is 45.9 Å². The number of fused-ring (bicyclic) bond motifs is 1. The van der Waals surface area contributed by atoms with Gasteiger partial charge >= 0.3 is 0 Å². The van der Waals surface area contributed by atoms with Crippen LogP contribution in [0.1, 0.15) is 22.3 Å². The van der Waals surface area contributed by atoms with Crippen molar-refractivity contribution >= 4 is 10.8 Å². The van der Waals surface area contributed by atoms with Gasteiger partial charge in [-0.15, -0.1) is 0 Å². The highest BCUT2D eigenvalue weighted by atomic mass is 16.5. The minimum atomic E-state index is 0.599. The van der Waals surface area contributed by atoms with Gasteiger partial charge in [-0.05, 0) is 72.1 Å². The zero-order chi connectivity index (χ0) is 22.8. The monoisotopic (exact) mass is 418 g/mol. The van der Waals surface area contributed by atoms with Gasteiger partial charge in [0.25, 0.3) is 0 Å². The fourth-order valence-corrected chi connectivity index (χ4v) is 4.27. The van der Waals surface area contributed by atoms with Gasteiger partial charge < -0.3 is 9.47 Å². The molecule has 0 aliphatic carbocycles. The Bertz CT molecular complexity index is 1330. The summed E-state index contributed by atoms with van der Waals surface area (Å²) in [6, 6.07) is 24.0. The third-order valence-corrected chi connectivity index (χ3v) is 5.80. The lowest BCUT2D eigenvalue weighted by Gasteiger charge is -2.17. The molecule has 0 spiro atoms. The molecule has 4 aromatic carbocycles. The minimum Gasteiger partial charge on any atom is -0.496 e. The Morgan fingerprint density at radius 3 is 1.41 bits per heavy atom. The molecule has 0 unspecified atom stereocenters. The molecule has 4 rings (SSSR count). The Kier molecular flexibility index (Phi) is 5.54. The predicted molar refractivity (Wildman–Crippen MR) is 127 cm³/mol. The average Bonchev–Trinajstić information content (AvgIpc) is 2.82. The second-order valence-electron chi connectivity index (χ2n) is 7.67. The Morgan fingerprint density at radius 1 is 0.625 bits per heavy atom. The van der Waals surface area contributed by atoms with Crippen LogP contribution in [0.4, 0.5) is 0 Å². The minimum absolute atomic E-state index is 0.599. The molecule has 32 heavy (non-hydrogen) atoms. The summed E-state index contributed by atoms with van der Waals surface area (Å²) in [5.74, 6) is 1.37. The molecule has 0 fully saturated rings. The average molecular weight is 418 g/mol. The normalized spacial score (nSPS) is 10.4. The van der Waals surface area contributed by atoms with Crippen LogP contribution in [0.3, 0.4) is 0 Å². The quantitative estimate of drug-likeness (QED) is 0.377.